The number of anilines is 2. The number of allylic oxidation sites excluding steroid dienone is 1. The minimum Gasteiger partial charge on any atom is -0.369 e. The van der Waals surface area contributed by atoms with Crippen molar-refractivity contribution in [2.45, 2.75) is 47.2 Å². The number of nitrogens with one attached hydrogen (secondary N) is 1. The molecule has 1 N–H and O–H groups in total. The third-order valence-electron chi connectivity index (χ3n) is 5.14. The highest BCUT2D eigenvalue weighted by atomic mass is 19.4. The summed E-state index contributed by atoms with van der Waals surface area (Å²) in [6.45, 7) is 19.1. The van der Waals surface area contributed by atoms with Gasteiger partial charge in [0, 0.05) is 13.1 Å². The third-order valence-corrected chi connectivity index (χ3v) is 5.14. The minimum absolute atomic E-state index is 0.0486. The summed E-state index contributed by atoms with van der Waals surface area (Å²) in [4.78, 5) is 18.4. The Balaban J connectivity index is 2.37. The molecule has 0 atom stereocenters. The zero-order valence-electron chi connectivity index (χ0n) is 20.3. The number of carbonyl (C=O) groups is 1. The van der Waals surface area contributed by atoms with Crippen LogP contribution in [-0.4, -0.2) is 19.0 Å². The summed E-state index contributed by atoms with van der Waals surface area (Å²) >= 11 is 0. The molecule has 0 unspecified atom stereocenters. The van der Waals surface area contributed by atoms with E-state index in [0.717, 1.165) is 42.0 Å². The molecule has 0 aromatic heterocycles. The number of carbonyl (C=O) groups excluding carboxylic acids is 1. The van der Waals surface area contributed by atoms with Crippen molar-refractivity contribution in [1.82, 2.24) is 0 Å². The molecule has 7 heteroatoms. The first-order valence-corrected chi connectivity index (χ1v) is 11.3. The van der Waals surface area contributed by atoms with Crippen LogP contribution in [0, 0.1) is 18.4 Å². The van der Waals surface area contributed by atoms with Crippen LogP contribution in [0.2, 0.25) is 0 Å². The van der Waals surface area contributed by atoms with Gasteiger partial charge in [-0.2, -0.15) is 13.2 Å². The first-order valence-electron chi connectivity index (χ1n) is 11.3. The molecule has 0 saturated carbocycles. The molecular weight excluding hydrogens is 439 g/mol. The first kappa shape index (κ1) is 27.0. The molecular formula is C27H32F3N3O. The van der Waals surface area contributed by atoms with Gasteiger partial charge in [0.25, 0.3) is 0 Å². The molecule has 0 radical (unpaired) electrons. The van der Waals surface area contributed by atoms with E-state index in [2.05, 4.69) is 42.8 Å². The van der Waals surface area contributed by atoms with Crippen LogP contribution in [0.25, 0.3) is 10.4 Å². The Kier molecular flexibility index (Phi) is 9.31. The quantitative estimate of drug-likeness (QED) is 0.390. The molecule has 1 amide bonds. The van der Waals surface area contributed by atoms with Gasteiger partial charge in [0.05, 0.1) is 29.9 Å². The van der Waals surface area contributed by atoms with Gasteiger partial charge in [0.15, 0.2) is 6.20 Å². The highest BCUT2D eigenvalue weighted by Crippen LogP contribution is 2.32. The smallest absolute Gasteiger partial charge is 0.369 e. The molecule has 0 heterocycles. The molecule has 34 heavy (non-hydrogen) atoms. The average Bonchev–Trinajstić information content (AvgIpc) is 2.72. The largest absolute Gasteiger partial charge is 0.416 e. The molecule has 0 fully saturated rings. The Morgan fingerprint density at radius 1 is 1.06 bits per heavy atom. The molecule has 0 aliphatic carbocycles. The maximum atomic E-state index is 12.9. The van der Waals surface area contributed by atoms with Crippen LogP contribution >= 0.6 is 0 Å². The van der Waals surface area contributed by atoms with Gasteiger partial charge in [0.2, 0.25) is 5.91 Å². The van der Waals surface area contributed by atoms with E-state index >= 15 is 0 Å². The fraction of sp³-hybridized carbons (Fsp3) is 0.407. The van der Waals surface area contributed by atoms with Gasteiger partial charge in [-0.1, -0.05) is 45.9 Å². The molecule has 0 saturated heterocycles. The first-order chi connectivity index (χ1) is 15.9. The van der Waals surface area contributed by atoms with Crippen LogP contribution in [-0.2, 0) is 17.4 Å². The lowest BCUT2D eigenvalue weighted by Crippen LogP contribution is -2.32. The van der Waals surface area contributed by atoms with Crippen molar-refractivity contribution in [2.75, 3.05) is 23.3 Å². The molecule has 0 aliphatic rings. The Morgan fingerprint density at radius 2 is 1.65 bits per heavy atom. The minimum atomic E-state index is -4.41. The van der Waals surface area contributed by atoms with Crippen LogP contribution in [0.15, 0.2) is 48.7 Å². The predicted molar refractivity (Wildman–Crippen MR) is 132 cm³/mol. The van der Waals surface area contributed by atoms with Gasteiger partial charge in [0.1, 0.15) is 0 Å². The number of nitrogens with zero attached hydrogens (tertiary/aromatic N) is 2. The fourth-order valence-corrected chi connectivity index (χ4v) is 3.67. The van der Waals surface area contributed by atoms with E-state index in [4.69, 9.17) is 6.57 Å². The van der Waals surface area contributed by atoms with Crippen molar-refractivity contribution in [1.29, 1.82) is 0 Å². The molecule has 2 aromatic rings. The van der Waals surface area contributed by atoms with Gasteiger partial charge in [-0.15, -0.1) is 0 Å². The predicted octanol–water partition coefficient (Wildman–Crippen LogP) is 7.29. The third kappa shape index (κ3) is 7.95. The van der Waals surface area contributed by atoms with E-state index in [1.807, 2.05) is 25.1 Å². The molecule has 0 spiro atoms. The van der Waals surface area contributed by atoms with Crippen molar-refractivity contribution in [2.24, 2.45) is 11.8 Å². The van der Waals surface area contributed by atoms with E-state index in [-0.39, 0.29) is 12.3 Å². The topological polar surface area (TPSA) is 36.7 Å². The zero-order chi connectivity index (χ0) is 25.5. The lowest BCUT2D eigenvalue weighted by molar-refractivity contribution is -0.137. The fourth-order valence-electron chi connectivity index (χ4n) is 3.67. The van der Waals surface area contributed by atoms with Crippen molar-refractivity contribution in [3.05, 3.63) is 76.8 Å². The summed E-state index contributed by atoms with van der Waals surface area (Å²) in [5.41, 5.74) is 2.84. The van der Waals surface area contributed by atoms with Crippen molar-refractivity contribution in [3.63, 3.8) is 0 Å². The Bertz CT molecular complexity index is 1040. The zero-order valence-corrected chi connectivity index (χ0v) is 20.3. The van der Waals surface area contributed by atoms with Gasteiger partial charge in [-0.05, 0) is 59.7 Å². The summed E-state index contributed by atoms with van der Waals surface area (Å²) in [6, 6.07) is 10.4. The van der Waals surface area contributed by atoms with Crippen LogP contribution < -0.4 is 10.2 Å². The number of rotatable bonds is 9. The van der Waals surface area contributed by atoms with E-state index in [1.165, 1.54) is 18.3 Å². The molecule has 4 nitrogen and oxygen atoms in total. The number of benzene rings is 2. The Hall–Kier alpha value is -3.27. The van der Waals surface area contributed by atoms with Crippen LogP contribution in [0.1, 0.15) is 51.3 Å². The van der Waals surface area contributed by atoms with Gasteiger partial charge in [-0.25, -0.2) is 4.85 Å². The molecule has 182 valence electrons. The van der Waals surface area contributed by atoms with Gasteiger partial charge in [-0.3, -0.25) is 4.79 Å². The summed E-state index contributed by atoms with van der Waals surface area (Å²) in [5.74, 6) is 0.481. The van der Waals surface area contributed by atoms with Crippen LogP contribution in [0.4, 0.5) is 24.5 Å². The van der Waals surface area contributed by atoms with Gasteiger partial charge >= 0.3 is 6.18 Å². The molecule has 0 bridgehead atoms. The van der Waals surface area contributed by atoms with E-state index in [0.29, 0.717) is 23.1 Å². The monoisotopic (exact) mass is 471 g/mol. The lowest BCUT2D eigenvalue weighted by atomic mass is 10.0. The second-order valence-electron chi connectivity index (χ2n) is 9.29. The highest BCUT2D eigenvalue weighted by Gasteiger charge is 2.30. The number of hydrogen-bond acceptors (Lipinski definition) is 2. The second kappa shape index (κ2) is 11.7. The second-order valence-corrected chi connectivity index (χ2v) is 9.29. The van der Waals surface area contributed by atoms with Crippen molar-refractivity contribution < 1.29 is 18.0 Å². The Morgan fingerprint density at radius 3 is 2.15 bits per heavy atom. The molecule has 0 aliphatic heterocycles. The number of alkyl halides is 3. The van der Waals surface area contributed by atoms with Gasteiger partial charge < -0.3 is 10.2 Å². The standard InChI is InChI=1S/C27H32F3N3O/c1-18(2)16-33(17-19(3)4)25-12-9-22(20(5)15-31-6)14-24(25)32-26(34)13-21-7-10-23(11-8-21)27(28,29)30/h7-12,14-15,18-19H,13,16-17H2,1-5H3,(H,32,34)/b20-15+. The number of halogens is 3. The summed E-state index contributed by atoms with van der Waals surface area (Å²) in [7, 11) is 0. The molecule has 2 aromatic carbocycles. The van der Waals surface area contributed by atoms with Crippen molar-refractivity contribution in [3.8, 4) is 0 Å². The normalized spacial score (nSPS) is 12.1. The van der Waals surface area contributed by atoms with Crippen LogP contribution in [0.5, 0.6) is 0 Å². The van der Waals surface area contributed by atoms with E-state index in [1.54, 1.807) is 0 Å². The maximum Gasteiger partial charge on any atom is 0.416 e. The summed E-state index contributed by atoms with van der Waals surface area (Å²) < 4.78 is 38.5. The Labute approximate surface area is 200 Å². The van der Waals surface area contributed by atoms with Crippen molar-refractivity contribution >= 4 is 22.9 Å². The summed E-state index contributed by atoms with van der Waals surface area (Å²) in [5, 5.41) is 2.96. The average molecular weight is 472 g/mol. The number of amides is 1. The maximum absolute atomic E-state index is 12.9. The SMILES string of the molecule is [C-]#[N+]/C=C(\C)c1ccc(N(CC(C)C)CC(C)C)c(NC(=O)Cc2ccc(C(F)(F)F)cc2)c1. The molecule has 2 rings (SSSR count). The van der Waals surface area contributed by atoms with E-state index < -0.39 is 11.7 Å². The number of hydrogen-bond donors (Lipinski definition) is 1. The van der Waals surface area contributed by atoms with E-state index in [9.17, 15) is 18.0 Å². The van der Waals surface area contributed by atoms with Crippen LogP contribution in [0.3, 0.4) is 0 Å². The lowest BCUT2D eigenvalue weighted by Gasteiger charge is -2.31. The highest BCUT2D eigenvalue weighted by molar-refractivity contribution is 5.96. The summed E-state index contributed by atoms with van der Waals surface area (Å²) in [6.07, 6.45) is -3.03.